The molecule has 3 nitrogen and oxygen atoms in total. The smallest absolute Gasteiger partial charge is 0.348 e. The molecular weight excluding hydrogens is 293 g/mol. The van der Waals surface area contributed by atoms with Crippen molar-refractivity contribution in [2.75, 3.05) is 14.1 Å². The summed E-state index contributed by atoms with van der Waals surface area (Å²) in [4.78, 5) is 14.3. The van der Waals surface area contributed by atoms with Crippen LogP contribution >= 0.6 is 0 Å². The fraction of sp³-hybridized carbons (Fsp3) is 0.562. The fourth-order valence-electron chi connectivity index (χ4n) is 3.07. The van der Waals surface area contributed by atoms with Gasteiger partial charge in [0.25, 0.3) is 5.91 Å². The minimum atomic E-state index is -4.53. The van der Waals surface area contributed by atoms with Crippen molar-refractivity contribution in [1.29, 1.82) is 0 Å². The number of amides is 1. The number of carbonyl (C=O) groups excluding carboxylic acids is 1. The van der Waals surface area contributed by atoms with Crippen molar-refractivity contribution in [2.24, 2.45) is 0 Å². The van der Waals surface area contributed by atoms with Gasteiger partial charge in [-0.25, -0.2) is 0 Å². The molecule has 0 saturated heterocycles. The Hall–Kier alpha value is -1.56. The first-order valence-electron chi connectivity index (χ1n) is 7.44. The SMILES string of the molecule is CN(C)[C@H]1CCCC[C@H]1NC(=O)c1ccccc1C(F)(F)F. The molecule has 1 saturated carbocycles. The van der Waals surface area contributed by atoms with Gasteiger partial charge in [0, 0.05) is 12.1 Å². The molecule has 0 heterocycles. The lowest BCUT2D eigenvalue weighted by molar-refractivity contribution is -0.137. The summed E-state index contributed by atoms with van der Waals surface area (Å²) in [6, 6.07) is 4.97. The molecule has 2 rings (SSSR count). The second kappa shape index (κ2) is 6.69. The van der Waals surface area contributed by atoms with Gasteiger partial charge in [-0.2, -0.15) is 13.2 Å². The van der Waals surface area contributed by atoms with Crippen LogP contribution in [0.2, 0.25) is 0 Å². The predicted octanol–water partition coefficient (Wildman–Crippen LogP) is 3.31. The largest absolute Gasteiger partial charge is 0.417 e. The fourth-order valence-corrected chi connectivity index (χ4v) is 3.07. The van der Waals surface area contributed by atoms with Crippen LogP contribution in [0.5, 0.6) is 0 Å². The molecule has 1 aliphatic carbocycles. The second-order valence-corrected chi connectivity index (χ2v) is 5.94. The van der Waals surface area contributed by atoms with Crippen LogP contribution in [0, 0.1) is 0 Å². The monoisotopic (exact) mass is 314 g/mol. The average Bonchev–Trinajstić information content (AvgIpc) is 2.46. The van der Waals surface area contributed by atoms with Crippen LogP contribution in [-0.4, -0.2) is 37.0 Å². The molecule has 1 fully saturated rings. The van der Waals surface area contributed by atoms with Crippen molar-refractivity contribution in [3.63, 3.8) is 0 Å². The number of benzene rings is 1. The molecule has 1 aromatic carbocycles. The van der Waals surface area contributed by atoms with Crippen LogP contribution in [0.1, 0.15) is 41.6 Å². The van der Waals surface area contributed by atoms with Crippen LogP contribution in [-0.2, 0) is 6.18 Å². The topological polar surface area (TPSA) is 32.3 Å². The molecule has 1 N–H and O–H groups in total. The zero-order valence-corrected chi connectivity index (χ0v) is 12.8. The highest BCUT2D eigenvalue weighted by atomic mass is 19.4. The lowest BCUT2D eigenvalue weighted by atomic mass is 9.89. The van der Waals surface area contributed by atoms with Crippen molar-refractivity contribution < 1.29 is 18.0 Å². The molecule has 2 atom stereocenters. The Balaban J connectivity index is 2.19. The molecule has 22 heavy (non-hydrogen) atoms. The number of rotatable bonds is 3. The van der Waals surface area contributed by atoms with Gasteiger partial charge in [-0.3, -0.25) is 4.79 Å². The summed E-state index contributed by atoms with van der Waals surface area (Å²) in [5.41, 5.74) is -1.19. The van der Waals surface area contributed by atoms with E-state index in [0.29, 0.717) is 0 Å². The minimum Gasteiger partial charge on any atom is -0.348 e. The van der Waals surface area contributed by atoms with E-state index in [1.54, 1.807) is 0 Å². The molecule has 0 radical (unpaired) electrons. The van der Waals surface area contributed by atoms with E-state index in [1.807, 2.05) is 19.0 Å². The van der Waals surface area contributed by atoms with Gasteiger partial charge in [-0.15, -0.1) is 0 Å². The molecule has 1 amide bonds. The first kappa shape index (κ1) is 16.8. The molecule has 0 bridgehead atoms. The van der Waals surface area contributed by atoms with E-state index in [1.165, 1.54) is 18.2 Å². The molecule has 0 aliphatic heterocycles. The zero-order valence-electron chi connectivity index (χ0n) is 12.8. The van der Waals surface area contributed by atoms with Crippen molar-refractivity contribution in [3.05, 3.63) is 35.4 Å². The summed E-state index contributed by atoms with van der Waals surface area (Å²) >= 11 is 0. The van der Waals surface area contributed by atoms with Crippen molar-refractivity contribution >= 4 is 5.91 Å². The Morgan fingerprint density at radius 3 is 2.45 bits per heavy atom. The summed E-state index contributed by atoms with van der Waals surface area (Å²) < 4.78 is 39.0. The van der Waals surface area contributed by atoms with Gasteiger partial charge in [0.05, 0.1) is 11.1 Å². The Morgan fingerprint density at radius 1 is 1.18 bits per heavy atom. The maximum atomic E-state index is 13.0. The van der Waals surface area contributed by atoms with Crippen molar-refractivity contribution in [1.82, 2.24) is 10.2 Å². The predicted molar refractivity (Wildman–Crippen MR) is 78.6 cm³/mol. The van der Waals surface area contributed by atoms with E-state index < -0.39 is 17.6 Å². The minimum absolute atomic E-state index is 0.113. The van der Waals surface area contributed by atoms with Gasteiger partial charge in [0.15, 0.2) is 0 Å². The highest BCUT2D eigenvalue weighted by Crippen LogP contribution is 2.32. The van der Waals surface area contributed by atoms with E-state index in [-0.39, 0.29) is 17.6 Å². The lowest BCUT2D eigenvalue weighted by Gasteiger charge is -2.36. The molecule has 0 spiro atoms. The summed E-state index contributed by atoms with van der Waals surface area (Å²) in [7, 11) is 3.86. The molecule has 0 aromatic heterocycles. The molecular formula is C16H21F3N2O. The second-order valence-electron chi connectivity index (χ2n) is 5.94. The number of alkyl halides is 3. The van der Waals surface area contributed by atoms with Gasteiger partial charge < -0.3 is 10.2 Å². The van der Waals surface area contributed by atoms with Crippen LogP contribution < -0.4 is 5.32 Å². The first-order chi connectivity index (χ1) is 10.3. The molecule has 6 heteroatoms. The van der Waals surface area contributed by atoms with Crippen LogP contribution in [0.4, 0.5) is 13.2 Å². The van der Waals surface area contributed by atoms with Crippen LogP contribution in [0.3, 0.4) is 0 Å². The van der Waals surface area contributed by atoms with Gasteiger partial charge >= 0.3 is 6.18 Å². The summed E-state index contributed by atoms with van der Waals surface area (Å²) in [5, 5.41) is 2.80. The molecule has 1 aromatic rings. The number of nitrogens with zero attached hydrogens (tertiary/aromatic N) is 1. The third-order valence-electron chi connectivity index (χ3n) is 4.19. The Bertz CT molecular complexity index is 528. The number of nitrogens with one attached hydrogen (secondary N) is 1. The molecule has 1 aliphatic rings. The summed E-state index contributed by atoms with van der Waals surface area (Å²) in [6.07, 6.45) is -0.729. The third-order valence-corrected chi connectivity index (χ3v) is 4.19. The lowest BCUT2D eigenvalue weighted by Crippen LogP contribution is -2.51. The molecule has 0 unspecified atom stereocenters. The highest BCUT2D eigenvalue weighted by molar-refractivity contribution is 5.96. The molecule has 122 valence electrons. The quantitative estimate of drug-likeness (QED) is 0.928. The van der Waals surface area contributed by atoms with Gasteiger partial charge in [-0.1, -0.05) is 25.0 Å². The number of likely N-dealkylation sites (N-methyl/N-ethyl adjacent to an activating group) is 1. The number of hydrogen-bond acceptors (Lipinski definition) is 2. The Kier molecular flexibility index (Phi) is 5.11. The number of carbonyl (C=O) groups is 1. The van der Waals surface area contributed by atoms with Gasteiger partial charge in [0.2, 0.25) is 0 Å². The normalized spacial score (nSPS) is 22.6. The average molecular weight is 314 g/mol. The van der Waals surface area contributed by atoms with E-state index in [9.17, 15) is 18.0 Å². The standard InChI is InChI=1S/C16H21F3N2O/c1-21(2)14-10-6-5-9-13(14)20-15(22)11-7-3-4-8-12(11)16(17,18)19/h3-4,7-8,13-14H,5-6,9-10H2,1-2H3,(H,20,22)/t13-,14+/m1/s1. The Labute approximate surface area is 128 Å². The third kappa shape index (κ3) is 3.80. The first-order valence-corrected chi connectivity index (χ1v) is 7.44. The van der Waals surface area contributed by atoms with Crippen LogP contribution in [0.25, 0.3) is 0 Å². The summed E-state index contributed by atoms with van der Waals surface area (Å²) in [6.45, 7) is 0. The van der Waals surface area contributed by atoms with E-state index in [2.05, 4.69) is 5.32 Å². The van der Waals surface area contributed by atoms with E-state index in [4.69, 9.17) is 0 Å². The van der Waals surface area contributed by atoms with Gasteiger partial charge in [-0.05, 0) is 39.1 Å². The maximum absolute atomic E-state index is 13.0. The summed E-state index contributed by atoms with van der Waals surface area (Å²) in [5.74, 6) is -0.647. The number of halogens is 3. The van der Waals surface area contributed by atoms with Crippen molar-refractivity contribution in [3.8, 4) is 0 Å². The van der Waals surface area contributed by atoms with Crippen LogP contribution in [0.15, 0.2) is 24.3 Å². The maximum Gasteiger partial charge on any atom is 0.417 e. The number of hydrogen-bond donors (Lipinski definition) is 1. The van der Waals surface area contributed by atoms with Crippen molar-refractivity contribution in [2.45, 2.75) is 43.9 Å². The van der Waals surface area contributed by atoms with E-state index >= 15 is 0 Å². The zero-order chi connectivity index (χ0) is 16.3. The highest BCUT2D eigenvalue weighted by Gasteiger charge is 2.36. The Morgan fingerprint density at radius 2 is 1.82 bits per heavy atom. The van der Waals surface area contributed by atoms with E-state index in [0.717, 1.165) is 31.7 Å². The van der Waals surface area contributed by atoms with Gasteiger partial charge in [0.1, 0.15) is 0 Å².